The lowest BCUT2D eigenvalue weighted by Crippen LogP contribution is -2.20. The van der Waals surface area contributed by atoms with Crippen LogP contribution in [-0.2, 0) is 26.2 Å². The number of sulfonamides is 2. The molecule has 0 bridgehead atoms. The molecular formula is C20H15F3N6O4S2. The summed E-state index contributed by atoms with van der Waals surface area (Å²) in [5.41, 5.74) is -1.94. The first-order valence-corrected chi connectivity index (χ1v) is 12.6. The maximum Gasteiger partial charge on any atom is 0.418 e. The summed E-state index contributed by atoms with van der Waals surface area (Å²) in [6, 6.07) is 14.4. The number of aromatic nitrogens is 4. The van der Waals surface area contributed by atoms with Crippen LogP contribution in [0.4, 0.5) is 24.5 Å². The molecule has 182 valence electrons. The van der Waals surface area contributed by atoms with Gasteiger partial charge in [-0.05, 0) is 41.6 Å². The maximum atomic E-state index is 13.3. The highest BCUT2D eigenvalue weighted by atomic mass is 32.2. The molecule has 0 saturated heterocycles. The average molecular weight is 525 g/mol. The van der Waals surface area contributed by atoms with Crippen molar-refractivity contribution in [2.75, 3.05) is 9.44 Å². The second-order valence-electron chi connectivity index (χ2n) is 7.01. The van der Waals surface area contributed by atoms with E-state index in [4.69, 9.17) is 0 Å². The first kappa shape index (κ1) is 24.2. The molecule has 0 fully saturated rings. The number of hydrogen-bond donors (Lipinski definition) is 3. The summed E-state index contributed by atoms with van der Waals surface area (Å²) in [6.07, 6.45) is -4.82. The Balaban J connectivity index is 1.68. The first-order valence-electron chi connectivity index (χ1n) is 9.62. The molecule has 0 aliphatic carbocycles. The zero-order valence-electron chi connectivity index (χ0n) is 17.4. The van der Waals surface area contributed by atoms with Gasteiger partial charge in [0.05, 0.1) is 21.8 Å². The van der Waals surface area contributed by atoms with Gasteiger partial charge in [-0.15, -0.1) is 10.2 Å². The second kappa shape index (κ2) is 8.99. The van der Waals surface area contributed by atoms with E-state index in [1.807, 2.05) is 4.72 Å². The fraction of sp³-hybridized carbons (Fsp3) is 0.0500. The van der Waals surface area contributed by atoms with Crippen LogP contribution < -0.4 is 9.44 Å². The summed E-state index contributed by atoms with van der Waals surface area (Å²) >= 11 is 0. The Hall–Kier alpha value is -3.98. The van der Waals surface area contributed by atoms with Crippen LogP contribution in [0, 0.1) is 0 Å². The summed E-state index contributed by atoms with van der Waals surface area (Å²) in [6.45, 7) is 0. The Bertz CT molecular complexity index is 1570. The summed E-state index contributed by atoms with van der Waals surface area (Å²) in [7, 11) is -8.96. The molecule has 10 nitrogen and oxygen atoms in total. The molecular weight excluding hydrogens is 509 g/mol. The van der Waals surface area contributed by atoms with Crippen molar-refractivity contribution in [3.63, 3.8) is 0 Å². The van der Waals surface area contributed by atoms with E-state index in [0.29, 0.717) is 5.56 Å². The molecule has 0 atom stereocenters. The van der Waals surface area contributed by atoms with Crippen LogP contribution in [0.3, 0.4) is 0 Å². The molecule has 0 amide bonds. The number of tetrazole rings is 1. The van der Waals surface area contributed by atoms with Crippen molar-refractivity contribution in [1.82, 2.24) is 20.6 Å². The van der Waals surface area contributed by atoms with Gasteiger partial charge in [-0.3, -0.25) is 9.44 Å². The fourth-order valence-electron chi connectivity index (χ4n) is 3.09. The number of halogens is 3. The smallest absolute Gasteiger partial charge is 0.279 e. The van der Waals surface area contributed by atoms with Crippen LogP contribution in [0.2, 0.25) is 0 Å². The van der Waals surface area contributed by atoms with Crippen LogP contribution in [-0.4, -0.2) is 37.5 Å². The minimum atomic E-state index is -4.82. The molecule has 0 aliphatic rings. The monoisotopic (exact) mass is 524 g/mol. The van der Waals surface area contributed by atoms with Gasteiger partial charge in [-0.1, -0.05) is 36.4 Å². The lowest BCUT2D eigenvalue weighted by atomic mass is 10.2. The van der Waals surface area contributed by atoms with E-state index in [2.05, 4.69) is 25.3 Å². The zero-order valence-corrected chi connectivity index (χ0v) is 19.0. The van der Waals surface area contributed by atoms with E-state index in [1.54, 1.807) is 6.07 Å². The number of anilines is 2. The van der Waals surface area contributed by atoms with Crippen LogP contribution in [0.15, 0.2) is 82.6 Å². The normalized spacial score (nSPS) is 12.3. The number of H-pyrrole nitrogens is 1. The van der Waals surface area contributed by atoms with Crippen molar-refractivity contribution in [3.05, 3.63) is 78.4 Å². The number of hydrogen-bond acceptors (Lipinski definition) is 7. The molecule has 0 saturated carbocycles. The molecule has 0 radical (unpaired) electrons. The van der Waals surface area contributed by atoms with Gasteiger partial charge in [0.2, 0.25) is 5.82 Å². The summed E-state index contributed by atoms with van der Waals surface area (Å²) in [5.74, 6) is 0.137. The van der Waals surface area contributed by atoms with Crippen molar-refractivity contribution in [2.24, 2.45) is 0 Å². The topological polar surface area (TPSA) is 147 Å². The highest BCUT2D eigenvalue weighted by Gasteiger charge is 2.34. The van der Waals surface area contributed by atoms with Gasteiger partial charge < -0.3 is 0 Å². The largest absolute Gasteiger partial charge is 0.418 e. The molecule has 35 heavy (non-hydrogen) atoms. The van der Waals surface area contributed by atoms with Crippen LogP contribution in [0.1, 0.15) is 5.56 Å². The SMILES string of the molecule is O=S(=O)(Nc1ccccc1S(=O)(=O)Nc1ccccc1C(F)(F)F)c1cccc(-c2nn[nH]n2)c1. The van der Waals surface area contributed by atoms with Crippen molar-refractivity contribution < 1.29 is 30.0 Å². The predicted molar refractivity (Wildman–Crippen MR) is 119 cm³/mol. The quantitative estimate of drug-likeness (QED) is 0.335. The molecule has 3 aromatic carbocycles. The molecule has 0 spiro atoms. The first-order chi connectivity index (χ1) is 16.5. The zero-order chi connectivity index (χ0) is 25.3. The van der Waals surface area contributed by atoms with Crippen molar-refractivity contribution in [2.45, 2.75) is 16.0 Å². The number of aromatic amines is 1. The maximum absolute atomic E-state index is 13.3. The summed E-state index contributed by atoms with van der Waals surface area (Å²) < 4.78 is 96.0. The lowest BCUT2D eigenvalue weighted by Gasteiger charge is -2.17. The standard InChI is InChI=1S/C20H15F3N6O4S2/c21-20(22,23)15-8-1-2-9-16(15)26-35(32,33)18-11-4-3-10-17(18)27-34(30,31)14-7-5-6-13(12-14)19-24-28-29-25-19/h1-12,26-27H,(H,24,25,28,29). The third kappa shape index (κ3) is 5.25. The van der Waals surface area contributed by atoms with Crippen LogP contribution in [0.25, 0.3) is 11.4 Å². The van der Waals surface area contributed by atoms with Crippen molar-refractivity contribution >= 4 is 31.4 Å². The Kier molecular flexibility index (Phi) is 6.21. The third-order valence-electron chi connectivity index (χ3n) is 4.65. The van der Waals surface area contributed by atoms with E-state index in [1.165, 1.54) is 42.5 Å². The summed E-state index contributed by atoms with van der Waals surface area (Å²) in [5, 5.41) is 13.2. The number of rotatable bonds is 7. The number of alkyl halides is 3. The van der Waals surface area contributed by atoms with Crippen molar-refractivity contribution in [3.8, 4) is 11.4 Å². The Morgan fingerprint density at radius 1 is 0.771 bits per heavy atom. The van der Waals surface area contributed by atoms with Crippen molar-refractivity contribution in [1.29, 1.82) is 0 Å². The van der Waals surface area contributed by atoms with Gasteiger partial charge in [0.25, 0.3) is 20.0 Å². The number of para-hydroxylation sites is 2. The van der Waals surface area contributed by atoms with Crippen LogP contribution >= 0.6 is 0 Å². The minimum Gasteiger partial charge on any atom is -0.279 e. The Morgan fingerprint density at radius 3 is 2.11 bits per heavy atom. The Labute approximate surface area is 197 Å². The van der Waals surface area contributed by atoms with E-state index in [9.17, 15) is 30.0 Å². The van der Waals surface area contributed by atoms with E-state index in [0.717, 1.165) is 24.3 Å². The molecule has 3 N–H and O–H groups in total. The van der Waals surface area contributed by atoms with Gasteiger partial charge in [0.1, 0.15) is 4.90 Å². The van der Waals surface area contributed by atoms with E-state index >= 15 is 0 Å². The predicted octanol–water partition coefficient (Wildman–Crippen LogP) is 3.49. The van der Waals surface area contributed by atoms with Gasteiger partial charge in [0, 0.05) is 5.56 Å². The molecule has 0 unspecified atom stereocenters. The fourth-order valence-corrected chi connectivity index (χ4v) is 5.53. The third-order valence-corrected chi connectivity index (χ3v) is 7.43. The number of benzene rings is 3. The molecule has 4 rings (SSSR count). The van der Waals surface area contributed by atoms with Gasteiger partial charge in [0.15, 0.2) is 0 Å². The molecule has 4 aromatic rings. The second-order valence-corrected chi connectivity index (χ2v) is 10.3. The molecule has 15 heteroatoms. The van der Waals surface area contributed by atoms with E-state index < -0.39 is 42.4 Å². The van der Waals surface area contributed by atoms with Crippen LogP contribution in [0.5, 0.6) is 0 Å². The molecule has 1 aromatic heterocycles. The highest BCUT2D eigenvalue weighted by Crippen LogP contribution is 2.36. The van der Waals surface area contributed by atoms with Gasteiger partial charge in [-0.2, -0.15) is 18.4 Å². The molecule has 0 aliphatic heterocycles. The average Bonchev–Trinajstić information content (AvgIpc) is 3.34. The van der Waals surface area contributed by atoms with Gasteiger partial charge >= 0.3 is 6.18 Å². The molecule has 1 heterocycles. The number of nitrogens with zero attached hydrogens (tertiary/aromatic N) is 3. The number of nitrogens with one attached hydrogen (secondary N) is 3. The van der Waals surface area contributed by atoms with Gasteiger partial charge in [-0.25, -0.2) is 16.8 Å². The Morgan fingerprint density at radius 2 is 1.43 bits per heavy atom. The minimum absolute atomic E-state index is 0.137. The lowest BCUT2D eigenvalue weighted by molar-refractivity contribution is -0.136. The highest BCUT2D eigenvalue weighted by molar-refractivity contribution is 7.94. The summed E-state index contributed by atoms with van der Waals surface area (Å²) in [4.78, 5) is -0.808. The van der Waals surface area contributed by atoms with E-state index in [-0.39, 0.29) is 16.4 Å².